The van der Waals surface area contributed by atoms with E-state index in [4.69, 9.17) is 10.3 Å². The zero-order valence-electron chi connectivity index (χ0n) is 17.3. The van der Waals surface area contributed by atoms with Crippen LogP contribution in [0.25, 0.3) is 10.4 Å². The molecule has 1 N–H and O–H groups in total. The van der Waals surface area contributed by atoms with Gasteiger partial charge in [0.05, 0.1) is 23.2 Å². The smallest absolute Gasteiger partial charge is 0.285 e. The van der Waals surface area contributed by atoms with Crippen LogP contribution in [0.3, 0.4) is 0 Å². The zero-order valence-corrected chi connectivity index (χ0v) is 18.2. The summed E-state index contributed by atoms with van der Waals surface area (Å²) in [5.41, 5.74) is 8.18. The van der Waals surface area contributed by atoms with E-state index in [0.717, 1.165) is 0 Å². The summed E-state index contributed by atoms with van der Waals surface area (Å²) in [4.78, 5) is 25.1. The molecule has 0 aliphatic rings. The summed E-state index contributed by atoms with van der Waals surface area (Å²) in [7, 11) is -3.98. The molecule has 9 nitrogen and oxygen atoms in total. The van der Waals surface area contributed by atoms with Crippen molar-refractivity contribution in [2.75, 3.05) is 12.4 Å². The number of nitrogens with zero attached hydrogens (tertiary/aromatic N) is 3. The van der Waals surface area contributed by atoms with Crippen LogP contribution < -0.4 is 4.74 Å². The number of benzene rings is 2. The molecule has 1 atom stereocenters. The first-order chi connectivity index (χ1) is 14.9. The van der Waals surface area contributed by atoms with Gasteiger partial charge in [0, 0.05) is 4.91 Å². The molecule has 0 aliphatic carbocycles. The topological polar surface area (TPSA) is 146 Å². The summed E-state index contributed by atoms with van der Waals surface area (Å²) >= 11 is 0. The number of amides is 1. The second-order valence-corrected chi connectivity index (χ2v) is 7.44. The lowest BCUT2D eigenvalue weighted by molar-refractivity contribution is -0.138. The highest BCUT2D eigenvalue weighted by molar-refractivity contribution is 7.91. The number of aliphatic hydroxyl groups is 1. The van der Waals surface area contributed by atoms with Gasteiger partial charge >= 0.3 is 0 Å². The molecule has 0 spiro atoms. The summed E-state index contributed by atoms with van der Waals surface area (Å²) in [6, 6.07) is 14.4. The molecule has 31 heavy (non-hydrogen) atoms. The van der Waals surface area contributed by atoms with Gasteiger partial charge in [-0.2, -0.15) is 0 Å². The molecular weight excluding hydrogens is 422 g/mol. The molecule has 0 aromatic heterocycles. The van der Waals surface area contributed by atoms with Crippen LogP contribution in [0.1, 0.15) is 13.8 Å². The molecule has 1 amide bonds. The van der Waals surface area contributed by atoms with Gasteiger partial charge in [-0.1, -0.05) is 32.0 Å². The number of carbonyl (C=O) groups is 2. The van der Waals surface area contributed by atoms with Crippen molar-refractivity contribution >= 4 is 21.5 Å². The number of ketones is 1. The maximum Gasteiger partial charge on any atom is 0.285 e. The SMILES string of the molecule is C=C.CC.[N-]=[N+]=NC(=O)C(=O)C(CO)CS(=O)(=O)c1ccc(Oc2ccccc2)cc1. The van der Waals surface area contributed by atoms with Crippen molar-refractivity contribution in [1.82, 2.24) is 0 Å². The maximum absolute atomic E-state index is 12.4. The number of hydrogen-bond donors (Lipinski definition) is 1. The quantitative estimate of drug-likeness (QED) is 0.212. The molecule has 166 valence electrons. The van der Waals surface area contributed by atoms with E-state index in [2.05, 4.69) is 23.2 Å². The van der Waals surface area contributed by atoms with Crippen molar-refractivity contribution in [1.29, 1.82) is 0 Å². The molecule has 0 heterocycles. The lowest BCUT2D eigenvalue weighted by Crippen LogP contribution is -2.31. The van der Waals surface area contributed by atoms with E-state index in [1.807, 2.05) is 19.9 Å². The molecule has 0 saturated carbocycles. The average molecular weight is 448 g/mol. The highest BCUT2D eigenvalue weighted by Gasteiger charge is 2.30. The molecule has 0 bridgehead atoms. The van der Waals surface area contributed by atoms with Crippen molar-refractivity contribution < 1.29 is 27.9 Å². The molecule has 2 rings (SSSR count). The van der Waals surface area contributed by atoms with Gasteiger partial charge in [0.15, 0.2) is 9.84 Å². The van der Waals surface area contributed by atoms with Crippen molar-refractivity contribution in [3.05, 3.63) is 78.2 Å². The van der Waals surface area contributed by atoms with E-state index < -0.39 is 39.8 Å². The highest BCUT2D eigenvalue weighted by Crippen LogP contribution is 2.23. The summed E-state index contributed by atoms with van der Waals surface area (Å²) in [5.74, 6) is -4.04. The van der Waals surface area contributed by atoms with Crippen LogP contribution in [0.4, 0.5) is 0 Å². The lowest BCUT2D eigenvalue weighted by atomic mass is 10.1. The Morgan fingerprint density at radius 3 is 2.06 bits per heavy atom. The summed E-state index contributed by atoms with van der Waals surface area (Å²) in [5, 5.41) is 11.9. The second kappa shape index (κ2) is 14.5. The van der Waals surface area contributed by atoms with Crippen molar-refractivity contribution in [2.24, 2.45) is 11.0 Å². The number of sulfone groups is 1. The fraction of sp³-hybridized carbons (Fsp3) is 0.238. The fourth-order valence-electron chi connectivity index (χ4n) is 2.18. The third kappa shape index (κ3) is 8.83. The Kier molecular flexibility index (Phi) is 12.9. The molecule has 10 heteroatoms. The number of para-hydroxylation sites is 1. The first-order valence-electron chi connectivity index (χ1n) is 9.17. The van der Waals surface area contributed by atoms with E-state index in [-0.39, 0.29) is 4.90 Å². The third-order valence-electron chi connectivity index (χ3n) is 3.52. The highest BCUT2D eigenvalue weighted by atomic mass is 32.2. The van der Waals surface area contributed by atoms with Crippen LogP contribution in [0.15, 0.2) is 77.8 Å². The molecular formula is C21H25N3O6S. The number of hydrogen-bond acceptors (Lipinski definition) is 6. The van der Waals surface area contributed by atoms with Crippen LogP contribution in [0.2, 0.25) is 0 Å². The predicted octanol–water partition coefficient (Wildman–Crippen LogP) is 4.10. The Hall–Kier alpha value is -3.46. The van der Waals surface area contributed by atoms with Gasteiger partial charge in [-0.25, -0.2) is 8.42 Å². The van der Waals surface area contributed by atoms with Gasteiger partial charge in [0.1, 0.15) is 11.5 Å². The molecule has 2 aromatic carbocycles. The zero-order chi connectivity index (χ0) is 23.9. The number of ether oxygens (including phenoxy) is 1. The number of azide groups is 1. The predicted molar refractivity (Wildman–Crippen MR) is 117 cm³/mol. The summed E-state index contributed by atoms with van der Waals surface area (Å²) < 4.78 is 30.4. The summed E-state index contributed by atoms with van der Waals surface area (Å²) in [6.07, 6.45) is 0. The minimum atomic E-state index is -3.98. The number of carbonyl (C=O) groups excluding carboxylic acids is 2. The van der Waals surface area contributed by atoms with E-state index in [0.29, 0.717) is 11.5 Å². The minimum absolute atomic E-state index is 0.106. The fourth-order valence-corrected chi connectivity index (χ4v) is 3.71. The van der Waals surface area contributed by atoms with Gasteiger partial charge < -0.3 is 9.84 Å². The van der Waals surface area contributed by atoms with Crippen LogP contribution in [0.5, 0.6) is 11.5 Å². The summed E-state index contributed by atoms with van der Waals surface area (Å²) in [6.45, 7) is 9.12. The van der Waals surface area contributed by atoms with Crippen LogP contribution in [-0.4, -0.2) is 37.6 Å². The number of rotatable bonds is 8. The van der Waals surface area contributed by atoms with E-state index in [9.17, 15) is 23.1 Å². The monoisotopic (exact) mass is 447 g/mol. The van der Waals surface area contributed by atoms with Gasteiger partial charge in [-0.15, -0.1) is 13.2 Å². The third-order valence-corrected chi connectivity index (χ3v) is 5.35. The standard InChI is InChI=1S/C17H15N3O6S.C2H6.C2H4/c18-20-19-17(23)16(22)12(10-21)11-27(24,25)15-8-6-14(7-9-15)26-13-4-2-1-3-5-13;2*1-2/h1-9,12,21H,10-11H2;1-2H3;1-2H2. The first-order valence-corrected chi connectivity index (χ1v) is 10.8. The Labute approximate surface area is 181 Å². The van der Waals surface area contributed by atoms with Crippen LogP contribution >= 0.6 is 0 Å². The molecule has 0 radical (unpaired) electrons. The second-order valence-electron chi connectivity index (χ2n) is 5.41. The van der Waals surface area contributed by atoms with Gasteiger partial charge in [-0.05, 0) is 47.0 Å². The lowest BCUT2D eigenvalue weighted by Gasteiger charge is -2.12. The molecule has 0 saturated heterocycles. The Morgan fingerprint density at radius 2 is 1.58 bits per heavy atom. The van der Waals surface area contributed by atoms with Crippen molar-refractivity contribution in [3.8, 4) is 11.5 Å². The van der Waals surface area contributed by atoms with Gasteiger partial charge in [0.2, 0.25) is 5.78 Å². The van der Waals surface area contributed by atoms with E-state index >= 15 is 0 Å². The van der Waals surface area contributed by atoms with Crippen LogP contribution in [0, 0.1) is 5.92 Å². The molecule has 2 aromatic rings. The first kappa shape index (κ1) is 27.5. The largest absolute Gasteiger partial charge is 0.457 e. The Bertz CT molecular complexity index is 986. The molecule has 0 fully saturated rings. The number of aliphatic hydroxyl groups excluding tert-OH is 1. The van der Waals surface area contributed by atoms with Gasteiger partial charge in [0.25, 0.3) is 5.91 Å². The minimum Gasteiger partial charge on any atom is -0.457 e. The van der Waals surface area contributed by atoms with Crippen molar-refractivity contribution in [2.45, 2.75) is 18.7 Å². The van der Waals surface area contributed by atoms with E-state index in [1.165, 1.54) is 24.3 Å². The van der Waals surface area contributed by atoms with E-state index in [1.54, 1.807) is 24.3 Å². The van der Waals surface area contributed by atoms with Crippen molar-refractivity contribution in [3.63, 3.8) is 0 Å². The maximum atomic E-state index is 12.4. The Balaban J connectivity index is 0.00000212. The normalized spacial score (nSPS) is 10.7. The molecule has 1 unspecified atom stereocenters. The Morgan fingerprint density at radius 1 is 1.06 bits per heavy atom. The number of Topliss-reactive ketones (excluding diaryl/α,β-unsaturated/α-hetero) is 1. The average Bonchev–Trinajstić information content (AvgIpc) is 2.81. The molecule has 0 aliphatic heterocycles. The van der Waals surface area contributed by atoms with Crippen LogP contribution in [-0.2, 0) is 19.4 Å². The van der Waals surface area contributed by atoms with Gasteiger partial charge in [-0.3, -0.25) is 9.59 Å².